The SMILES string of the molecule is Fc1cncc(OCC2CCN2)c1. The van der Waals surface area contributed by atoms with E-state index in [1.54, 1.807) is 0 Å². The maximum absolute atomic E-state index is 12.6. The molecule has 1 aliphatic heterocycles. The Hall–Kier alpha value is -1.16. The summed E-state index contributed by atoms with van der Waals surface area (Å²) in [6.45, 7) is 1.64. The van der Waals surface area contributed by atoms with Crippen molar-refractivity contribution in [3.63, 3.8) is 0 Å². The van der Waals surface area contributed by atoms with E-state index in [9.17, 15) is 4.39 Å². The van der Waals surface area contributed by atoms with Crippen molar-refractivity contribution in [1.29, 1.82) is 0 Å². The maximum Gasteiger partial charge on any atom is 0.145 e. The molecule has 1 fully saturated rings. The average molecular weight is 182 g/mol. The fourth-order valence-electron chi connectivity index (χ4n) is 1.16. The van der Waals surface area contributed by atoms with Crippen molar-refractivity contribution < 1.29 is 9.13 Å². The predicted molar refractivity (Wildman–Crippen MR) is 46.1 cm³/mol. The van der Waals surface area contributed by atoms with Gasteiger partial charge in [-0.15, -0.1) is 0 Å². The van der Waals surface area contributed by atoms with Crippen LogP contribution in [0.3, 0.4) is 0 Å². The van der Waals surface area contributed by atoms with Crippen LogP contribution in [-0.4, -0.2) is 24.2 Å². The second-order valence-corrected chi connectivity index (χ2v) is 3.09. The van der Waals surface area contributed by atoms with Gasteiger partial charge in [0.05, 0.1) is 12.4 Å². The van der Waals surface area contributed by atoms with Crippen molar-refractivity contribution in [3.05, 3.63) is 24.3 Å². The first-order chi connectivity index (χ1) is 6.34. The molecule has 70 valence electrons. The Labute approximate surface area is 75.9 Å². The van der Waals surface area contributed by atoms with E-state index in [1.165, 1.54) is 12.3 Å². The largest absolute Gasteiger partial charge is 0.490 e. The molecule has 1 unspecified atom stereocenters. The smallest absolute Gasteiger partial charge is 0.145 e. The third-order valence-corrected chi connectivity index (χ3v) is 2.06. The van der Waals surface area contributed by atoms with Gasteiger partial charge in [0, 0.05) is 12.1 Å². The van der Waals surface area contributed by atoms with Gasteiger partial charge in [-0.05, 0) is 13.0 Å². The highest BCUT2D eigenvalue weighted by Gasteiger charge is 2.16. The van der Waals surface area contributed by atoms with E-state index in [0.717, 1.165) is 19.2 Å². The van der Waals surface area contributed by atoms with Gasteiger partial charge in [0.25, 0.3) is 0 Å². The van der Waals surface area contributed by atoms with Crippen LogP contribution in [0.15, 0.2) is 18.5 Å². The molecule has 0 spiro atoms. The van der Waals surface area contributed by atoms with E-state index >= 15 is 0 Å². The van der Waals surface area contributed by atoms with Gasteiger partial charge in [0.15, 0.2) is 0 Å². The molecule has 13 heavy (non-hydrogen) atoms. The summed E-state index contributed by atoms with van der Waals surface area (Å²) in [5.74, 6) is 0.132. The van der Waals surface area contributed by atoms with Gasteiger partial charge in [0.1, 0.15) is 18.2 Å². The first kappa shape index (κ1) is 8.44. The van der Waals surface area contributed by atoms with Crippen LogP contribution in [0.2, 0.25) is 0 Å². The zero-order valence-corrected chi connectivity index (χ0v) is 7.16. The lowest BCUT2D eigenvalue weighted by Crippen LogP contribution is -2.46. The minimum Gasteiger partial charge on any atom is -0.490 e. The topological polar surface area (TPSA) is 34.1 Å². The molecular weight excluding hydrogens is 171 g/mol. The summed E-state index contributed by atoms with van der Waals surface area (Å²) in [4.78, 5) is 3.69. The molecule has 1 saturated heterocycles. The molecule has 0 aliphatic carbocycles. The Morgan fingerprint density at radius 1 is 1.62 bits per heavy atom. The quantitative estimate of drug-likeness (QED) is 0.756. The predicted octanol–water partition coefficient (Wildman–Crippen LogP) is 0.961. The zero-order valence-electron chi connectivity index (χ0n) is 7.16. The number of hydrogen-bond donors (Lipinski definition) is 1. The average Bonchev–Trinajstić information content (AvgIpc) is 2.01. The summed E-state index contributed by atoms with van der Waals surface area (Å²) >= 11 is 0. The van der Waals surface area contributed by atoms with Crippen molar-refractivity contribution in [2.75, 3.05) is 13.2 Å². The van der Waals surface area contributed by atoms with E-state index in [2.05, 4.69) is 10.3 Å². The van der Waals surface area contributed by atoms with E-state index in [1.807, 2.05) is 0 Å². The second-order valence-electron chi connectivity index (χ2n) is 3.09. The molecule has 2 rings (SSSR count). The highest BCUT2D eigenvalue weighted by atomic mass is 19.1. The normalized spacial score (nSPS) is 20.8. The lowest BCUT2D eigenvalue weighted by atomic mass is 10.1. The summed E-state index contributed by atoms with van der Waals surface area (Å²) in [5.41, 5.74) is 0. The Balaban J connectivity index is 1.86. The van der Waals surface area contributed by atoms with Crippen LogP contribution < -0.4 is 10.1 Å². The van der Waals surface area contributed by atoms with Crippen molar-refractivity contribution in [2.45, 2.75) is 12.5 Å². The van der Waals surface area contributed by atoms with Crippen LogP contribution in [0.4, 0.5) is 4.39 Å². The fraction of sp³-hybridized carbons (Fsp3) is 0.444. The van der Waals surface area contributed by atoms with Gasteiger partial charge in [-0.25, -0.2) is 4.39 Å². The number of halogens is 1. The summed E-state index contributed by atoms with van der Waals surface area (Å²) in [5, 5.41) is 3.19. The van der Waals surface area contributed by atoms with E-state index in [0.29, 0.717) is 18.4 Å². The van der Waals surface area contributed by atoms with Crippen molar-refractivity contribution in [3.8, 4) is 5.75 Å². The van der Waals surface area contributed by atoms with Crippen molar-refractivity contribution in [2.24, 2.45) is 0 Å². The molecule has 0 radical (unpaired) electrons. The van der Waals surface area contributed by atoms with Crippen LogP contribution in [-0.2, 0) is 0 Å². The molecule has 1 N–H and O–H groups in total. The van der Waals surface area contributed by atoms with Crippen LogP contribution in [0.1, 0.15) is 6.42 Å². The highest BCUT2D eigenvalue weighted by Crippen LogP contribution is 2.11. The number of rotatable bonds is 3. The summed E-state index contributed by atoms with van der Waals surface area (Å²) in [6, 6.07) is 1.76. The molecule has 0 bridgehead atoms. The lowest BCUT2D eigenvalue weighted by molar-refractivity contribution is 0.216. The summed E-state index contributed by atoms with van der Waals surface area (Å²) in [7, 11) is 0. The Kier molecular flexibility index (Phi) is 2.40. The molecule has 2 heterocycles. The number of nitrogens with zero attached hydrogens (tertiary/aromatic N) is 1. The third-order valence-electron chi connectivity index (χ3n) is 2.06. The number of aromatic nitrogens is 1. The first-order valence-corrected chi connectivity index (χ1v) is 4.31. The van der Waals surface area contributed by atoms with Crippen molar-refractivity contribution >= 4 is 0 Å². The molecule has 1 aromatic rings. The molecule has 0 saturated carbocycles. The molecule has 4 heteroatoms. The molecule has 1 aliphatic rings. The molecule has 1 aromatic heterocycles. The number of pyridine rings is 1. The van der Waals surface area contributed by atoms with Gasteiger partial charge in [-0.2, -0.15) is 0 Å². The molecule has 3 nitrogen and oxygen atoms in total. The van der Waals surface area contributed by atoms with Gasteiger partial charge in [-0.1, -0.05) is 0 Å². The monoisotopic (exact) mass is 182 g/mol. The minimum atomic E-state index is -0.362. The summed E-state index contributed by atoms with van der Waals surface area (Å²) in [6.07, 6.45) is 3.80. The molecule has 1 atom stereocenters. The van der Waals surface area contributed by atoms with Crippen LogP contribution in [0.5, 0.6) is 5.75 Å². The van der Waals surface area contributed by atoms with Crippen LogP contribution in [0, 0.1) is 5.82 Å². The van der Waals surface area contributed by atoms with Gasteiger partial charge in [-0.3, -0.25) is 4.98 Å². The highest BCUT2D eigenvalue weighted by molar-refractivity contribution is 5.16. The standard InChI is InChI=1S/C9H11FN2O/c10-7-3-9(5-11-4-7)13-6-8-1-2-12-8/h3-5,8,12H,1-2,6H2. The Morgan fingerprint density at radius 2 is 2.46 bits per heavy atom. The van der Waals surface area contributed by atoms with Crippen molar-refractivity contribution in [1.82, 2.24) is 10.3 Å². The lowest BCUT2D eigenvalue weighted by Gasteiger charge is -2.27. The van der Waals surface area contributed by atoms with Gasteiger partial charge in [0.2, 0.25) is 0 Å². The molecule has 0 aromatic carbocycles. The number of nitrogens with one attached hydrogen (secondary N) is 1. The fourth-order valence-corrected chi connectivity index (χ4v) is 1.16. The number of ether oxygens (including phenoxy) is 1. The van der Waals surface area contributed by atoms with Gasteiger partial charge >= 0.3 is 0 Å². The Bertz CT molecular complexity index is 289. The van der Waals surface area contributed by atoms with E-state index in [4.69, 9.17) is 4.74 Å². The Morgan fingerprint density at radius 3 is 3.08 bits per heavy atom. The minimum absolute atomic E-state index is 0.362. The van der Waals surface area contributed by atoms with E-state index < -0.39 is 0 Å². The summed E-state index contributed by atoms with van der Waals surface area (Å²) < 4.78 is 18.0. The number of hydrogen-bond acceptors (Lipinski definition) is 3. The molecule has 0 amide bonds. The third kappa shape index (κ3) is 2.15. The molecular formula is C9H11FN2O. The first-order valence-electron chi connectivity index (χ1n) is 4.31. The zero-order chi connectivity index (χ0) is 9.10. The van der Waals surface area contributed by atoms with Crippen LogP contribution >= 0.6 is 0 Å². The van der Waals surface area contributed by atoms with Crippen LogP contribution in [0.25, 0.3) is 0 Å². The van der Waals surface area contributed by atoms with E-state index in [-0.39, 0.29) is 5.82 Å². The van der Waals surface area contributed by atoms with Gasteiger partial charge < -0.3 is 10.1 Å². The maximum atomic E-state index is 12.6. The second kappa shape index (κ2) is 3.70.